The predicted octanol–water partition coefficient (Wildman–Crippen LogP) is 4.20. The highest BCUT2D eigenvalue weighted by atomic mass is 14.9. The molecule has 0 fully saturated rings. The van der Waals surface area contributed by atoms with Crippen LogP contribution in [0.5, 0.6) is 0 Å². The van der Waals surface area contributed by atoms with Crippen LogP contribution in [0.1, 0.15) is 38.2 Å². The Morgan fingerprint density at radius 2 is 1.88 bits per heavy atom. The molecule has 2 rings (SSSR count). The second kappa shape index (κ2) is 6.24. The summed E-state index contributed by atoms with van der Waals surface area (Å²) in [6.07, 6.45) is 10.1. The second-order valence-electron chi connectivity index (χ2n) is 4.47. The van der Waals surface area contributed by atoms with E-state index in [0.29, 0.717) is 0 Å². The molecule has 2 aromatic rings. The minimum Gasteiger partial charge on any atom is -0.345 e. The highest BCUT2D eigenvalue weighted by molar-refractivity contribution is 5.58. The fraction of sp³-hybridized carbons (Fsp3) is 0.400. The van der Waals surface area contributed by atoms with E-state index in [0.717, 1.165) is 5.69 Å². The molecule has 0 aliphatic carbocycles. The zero-order chi connectivity index (χ0) is 11.9. The maximum Gasteiger partial charge on any atom is 0.0924 e. The summed E-state index contributed by atoms with van der Waals surface area (Å²) in [7, 11) is 0. The van der Waals surface area contributed by atoms with E-state index in [9.17, 15) is 0 Å². The molecule has 1 N–H and O–H groups in total. The first kappa shape index (κ1) is 11.9. The van der Waals surface area contributed by atoms with Crippen LogP contribution in [-0.2, 0) is 6.42 Å². The molecule has 17 heavy (non-hydrogen) atoms. The van der Waals surface area contributed by atoms with Crippen LogP contribution < -0.4 is 0 Å². The molecule has 0 amide bonds. The number of aryl methyl sites for hydroxylation is 1. The summed E-state index contributed by atoms with van der Waals surface area (Å²) in [6.45, 7) is 2.25. The van der Waals surface area contributed by atoms with E-state index < -0.39 is 0 Å². The van der Waals surface area contributed by atoms with Crippen molar-refractivity contribution in [2.45, 2.75) is 39.0 Å². The summed E-state index contributed by atoms with van der Waals surface area (Å²) in [5.41, 5.74) is 3.73. The lowest BCUT2D eigenvalue weighted by atomic mass is 10.0. The molecular weight excluding hydrogens is 208 g/mol. The Bertz CT molecular complexity index is 415. The molecule has 0 radical (unpaired) electrons. The van der Waals surface area contributed by atoms with Crippen LogP contribution in [0.15, 0.2) is 36.8 Å². The smallest absolute Gasteiger partial charge is 0.0924 e. The van der Waals surface area contributed by atoms with E-state index in [1.807, 2.05) is 6.20 Å². The molecule has 2 heteroatoms. The summed E-state index contributed by atoms with van der Waals surface area (Å²) >= 11 is 0. The van der Waals surface area contributed by atoms with E-state index in [1.54, 1.807) is 6.33 Å². The van der Waals surface area contributed by atoms with Gasteiger partial charge in [-0.2, -0.15) is 0 Å². The minimum atomic E-state index is 1.09. The Labute approximate surface area is 103 Å². The van der Waals surface area contributed by atoms with Crippen LogP contribution >= 0.6 is 0 Å². The Kier molecular flexibility index (Phi) is 4.37. The Balaban J connectivity index is 1.90. The van der Waals surface area contributed by atoms with Gasteiger partial charge in [0.2, 0.25) is 0 Å². The van der Waals surface area contributed by atoms with Gasteiger partial charge < -0.3 is 4.98 Å². The van der Waals surface area contributed by atoms with Crippen molar-refractivity contribution in [3.63, 3.8) is 0 Å². The van der Waals surface area contributed by atoms with Crippen LogP contribution in [0, 0.1) is 0 Å². The number of aromatic nitrogens is 2. The van der Waals surface area contributed by atoms with Crippen molar-refractivity contribution < 1.29 is 0 Å². The number of unbranched alkanes of at least 4 members (excludes halogenated alkanes) is 3. The lowest BCUT2D eigenvalue weighted by molar-refractivity contribution is 0.667. The van der Waals surface area contributed by atoms with Gasteiger partial charge in [-0.25, -0.2) is 4.98 Å². The zero-order valence-corrected chi connectivity index (χ0v) is 10.4. The summed E-state index contributed by atoms with van der Waals surface area (Å²) in [5.74, 6) is 0. The van der Waals surface area contributed by atoms with E-state index in [1.165, 1.54) is 43.2 Å². The SMILES string of the molecule is CCCCCCc1ccc(-c2cnc[nH]2)cc1. The summed E-state index contributed by atoms with van der Waals surface area (Å²) in [4.78, 5) is 7.16. The molecule has 2 nitrogen and oxygen atoms in total. The van der Waals surface area contributed by atoms with E-state index in [2.05, 4.69) is 41.2 Å². The molecular formula is C15H20N2. The number of hydrogen-bond donors (Lipinski definition) is 1. The van der Waals surface area contributed by atoms with Crippen molar-refractivity contribution in [3.05, 3.63) is 42.4 Å². The Morgan fingerprint density at radius 3 is 2.53 bits per heavy atom. The lowest BCUT2D eigenvalue weighted by Crippen LogP contribution is -1.86. The van der Waals surface area contributed by atoms with Crippen molar-refractivity contribution >= 4 is 0 Å². The van der Waals surface area contributed by atoms with Crippen LogP contribution in [0.4, 0.5) is 0 Å². The molecule has 1 heterocycles. The number of nitrogens with zero attached hydrogens (tertiary/aromatic N) is 1. The van der Waals surface area contributed by atoms with Crippen LogP contribution in [-0.4, -0.2) is 9.97 Å². The van der Waals surface area contributed by atoms with Gasteiger partial charge in [0.15, 0.2) is 0 Å². The standard InChI is InChI=1S/C15H20N2/c1-2-3-4-5-6-13-7-9-14(10-8-13)15-11-16-12-17-15/h7-12H,2-6H2,1H3,(H,16,17). The van der Waals surface area contributed by atoms with Crippen molar-refractivity contribution in [1.29, 1.82) is 0 Å². The molecule has 0 aliphatic rings. The van der Waals surface area contributed by atoms with Crippen molar-refractivity contribution in [1.82, 2.24) is 9.97 Å². The van der Waals surface area contributed by atoms with Gasteiger partial charge in [-0.15, -0.1) is 0 Å². The highest BCUT2D eigenvalue weighted by Crippen LogP contribution is 2.17. The van der Waals surface area contributed by atoms with Gasteiger partial charge in [0, 0.05) is 0 Å². The van der Waals surface area contributed by atoms with E-state index >= 15 is 0 Å². The van der Waals surface area contributed by atoms with Gasteiger partial charge in [-0.1, -0.05) is 50.5 Å². The fourth-order valence-electron chi connectivity index (χ4n) is 2.02. The number of H-pyrrole nitrogens is 1. The van der Waals surface area contributed by atoms with E-state index in [-0.39, 0.29) is 0 Å². The first-order chi connectivity index (χ1) is 8.40. The quantitative estimate of drug-likeness (QED) is 0.737. The number of nitrogens with one attached hydrogen (secondary N) is 1. The molecule has 0 spiro atoms. The average molecular weight is 228 g/mol. The third-order valence-electron chi connectivity index (χ3n) is 3.08. The van der Waals surface area contributed by atoms with Crippen molar-refractivity contribution in [2.75, 3.05) is 0 Å². The molecule has 0 saturated carbocycles. The second-order valence-corrected chi connectivity index (χ2v) is 4.47. The van der Waals surface area contributed by atoms with Crippen LogP contribution in [0.25, 0.3) is 11.3 Å². The monoisotopic (exact) mass is 228 g/mol. The average Bonchev–Trinajstić information content (AvgIpc) is 2.89. The topological polar surface area (TPSA) is 28.7 Å². The van der Waals surface area contributed by atoms with Crippen molar-refractivity contribution in [2.24, 2.45) is 0 Å². The summed E-state index contributed by atoms with van der Waals surface area (Å²) in [6, 6.07) is 8.79. The van der Waals surface area contributed by atoms with Crippen LogP contribution in [0.3, 0.4) is 0 Å². The predicted molar refractivity (Wildman–Crippen MR) is 71.9 cm³/mol. The number of imidazole rings is 1. The van der Waals surface area contributed by atoms with Crippen LogP contribution in [0.2, 0.25) is 0 Å². The minimum absolute atomic E-state index is 1.09. The zero-order valence-electron chi connectivity index (χ0n) is 10.4. The Hall–Kier alpha value is -1.57. The third-order valence-corrected chi connectivity index (χ3v) is 3.08. The molecule has 1 aromatic carbocycles. The number of aromatic amines is 1. The summed E-state index contributed by atoms with van der Waals surface area (Å²) < 4.78 is 0. The molecule has 90 valence electrons. The molecule has 0 aliphatic heterocycles. The van der Waals surface area contributed by atoms with Gasteiger partial charge in [-0.3, -0.25) is 0 Å². The number of rotatable bonds is 6. The Morgan fingerprint density at radius 1 is 1.06 bits per heavy atom. The van der Waals surface area contributed by atoms with Gasteiger partial charge >= 0.3 is 0 Å². The number of benzene rings is 1. The largest absolute Gasteiger partial charge is 0.345 e. The lowest BCUT2D eigenvalue weighted by Gasteiger charge is -2.03. The van der Waals surface area contributed by atoms with Gasteiger partial charge in [0.25, 0.3) is 0 Å². The highest BCUT2D eigenvalue weighted by Gasteiger charge is 1.99. The van der Waals surface area contributed by atoms with E-state index in [4.69, 9.17) is 0 Å². The number of hydrogen-bond acceptors (Lipinski definition) is 1. The fourth-order valence-corrected chi connectivity index (χ4v) is 2.02. The maximum absolute atomic E-state index is 4.04. The molecule has 1 aromatic heterocycles. The normalized spacial score (nSPS) is 10.6. The molecule has 0 bridgehead atoms. The van der Waals surface area contributed by atoms with Gasteiger partial charge in [0.1, 0.15) is 0 Å². The molecule has 0 saturated heterocycles. The maximum atomic E-state index is 4.04. The summed E-state index contributed by atoms with van der Waals surface area (Å²) in [5, 5.41) is 0. The van der Waals surface area contributed by atoms with Gasteiger partial charge in [-0.05, 0) is 24.0 Å². The van der Waals surface area contributed by atoms with Crippen molar-refractivity contribution in [3.8, 4) is 11.3 Å². The van der Waals surface area contributed by atoms with Gasteiger partial charge in [0.05, 0.1) is 18.2 Å². The molecule has 0 unspecified atom stereocenters. The molecule has 0 atom stereocenters. The third kappa shape index (κ3) is 3.45. The first-order valence-corrected chi connectivity index (χ1v) is 6.48. The first-order valence-electron chi connectivity index (χ1n) is 6.48.